The van der Waals surface area contributed by atoms with Crippen molar-refractivity contribution in [1.82, 2.24) is 0 Å². The molecule has 0 fully saturated rings. The summed E-state index contributed by atoms with van der Waals surface area (Å²) in [6.45, 7) is 0.986. The van der Waals surface area contributed by atoms with E-state index in [0.29, 0.717) is 30.4 Å². The van der Waals surface area contributed by atoms with E-state index in [1.54, 1.807) is 18.2 Å². The molecule has 1 amide bonds. The van der Waals surface area contributed by atoms with E-state index < -0.39 is 5.97 Å². The molecule has 1 aromatic heterocycles. The van der Waals surface area contributed by atoms with Crippen molar-refractivity contribution in [3.8, 4) is 11.5 Å². The van der Waals surface area contributed by atoms with Gasteiger partial charge in [-0.1, -0.05) is 6.07 Å². The standard InChI is InChI=1S/C17H17NO5S/c19-16(8-11(9-17(20)21)15-2-1-7-24-15)18-12-3-4-13-14(10-12)23-6-5-22-13/h1-4,7,10-11H,5-6,8-9H2,(H,18,19)(H,20,21). The van der Waals surface area contributed by atoms with E-state index in [9.17, 15) is 9.59 Å². The highest BCUT2D eigenvalue weighted by Gasteiger charge is 2.21. The Bertz CT molecular complexity index is 729. The number of carboxylic acids is 1. The summed E-state index contributed by atoms with van der Waals surface area (Å²) in [6.07, 6.45) is 0.0380. The quantitative estimate of drug-likeness (QED) is 0.839. The van der Waals surface area contributed by atoms with Gasteiger partial charge in [0.15, 0.2) is 11.5 Å². The summed E-state index contributed by atoms with van der Waals surface area (Å²) in [4.78, 5) is 24.2. The van der Waals surface area contributed by atoms with Crippen molar-refractivity contribution in [2.75, 3.05) is 18.5 Å². The predicted molar refractivity (Wildman–Crippen MR) is 90.0 cm³/mol. The monoisotopic (exact) mass is 347 g/mol. The predicted octanol–water partition coefficient (Wildman–Crippen LogP) is 3.11. The van der Waals surface area contributed by atoms with E-state index in [1.807, 2.05) is 17.5 Å². The zero-order valence-corrected chi connectivity index (χ0v) is 13.7. The van der Waals surface area contributed by atoms with Crippen LogP contribution in [0, 0.1) is 0 Å². The summed E-state index contributed by atoms with van der Waals surface area (Å²) in [5.41, 5.74) is 0.601. The van der Waals surface area contributed by atoms with Gasteiger partial charge in [-0.15, -0.1) is 11.3 Å². The molecule has 0 saturated carbocycles. The Morgan fingerprint density at radius 2 is 1.96 bits per heavy atom. The summed E-state index contributed by atoms with van der Waals surface area (Å²) in [5.74, 6) is -0.229. The van der Waals surface area contributed by atoms with Gasteiger partial charge in [0, 0.05) is 29.0 Å². The van der Waals surface area contributed by atoms with Gasteiger partial charge in [0.1, 0.15) is 13.2 Å². The van der Waals surface area contributed by atoms with E-state index in [0.717, 1.165) is 4.88 Å². The highest BCUT2D eigenvalue weighted by molar-refractivity contribution is 7.10. The van der Waals surface area contributed by atoms with E-state index in [4.69, 9.17) is 14.6 Å². The molecule has 1 aromatic carbocycles. The molecule has 126 valence electrons. The zero-order chi connectivity index (χ0) is 16.9. The summed E-state index contributed by atoms with van der Waals surface area (Å²) >= 11 is 1.46. The number of carbonyl (C=O) groups excluding carboxylic acids is 1. The van der Waals surface area contributed by atoms with Crippen molar-refractivity contribution in [3.05, 3.63) is 40.6 Å². The third kappa shape index (κ3) is 4.05. The van der Waals surface area contributed by atoms with Crippen LogP contribution in [0.15, 0.2) is 35.7 Å². The average Bonchev–Trinajstić information content (AvgIpc) is 3.08. The fraction of sp³-hybridized carbons (Fsp3) is 0.294. The zero-order valence-electron chi connectivity index (χ0n) is 12.9. The molecule has 0 saturated heterocycles. The first-order valence-electron chi connectivity index (χ1n) is 7.56. The minimum absolute atomic E-state index is 0.0743. The van der Waals surface area contributed by atoms with Crippen LogP contribution < -0.4 is 14.8 Å². The van der Waals surface area contributed by atoms with Gasteiger partial charge in [0.2, 0.25) is 5.91 Å². The third-order valence-corrected chi connectivity index (χ3v) is 4.66. The molecule has 1 unspecified atom stereocenters. The lowest BCUT2D eigenvalue weighted by molar-refractivity contribution is -0.137. The Hall–Kier alpha value is -2.54. The molecular weight excluding hydrogens is 330 g/mol. The number of thiophene rings is 1. The van der Waals surface area contributed by atoms with Gasteiger partial charge < -0.3 is 19.9 Å². The van der Waals surface area contributed by atoms with Crippen molar-refractivity contribution < 1.29 is 24.2 Å². The highest BCUT2D eigenvalue weighted by atomic mass is 32.1. The largest absolute Gasteiger partial charge is 0.486 e. The van der Waals surface area contributed by atoms with Crippen LogP contribution in [0.5, 0.6) is 11.5 Å². The molecule has 3 rings (SSSR count). The molecule has 0 spiro atoms. The number of hydrogen-bond donors (Lipinski definition) is 2. The van der Waals surface area contributed by atoms with Crippen molar-refractivity contribution in [2.24, 2.45) is 0 Å². The minimum Gasteiger partial charge on any atom is -0.486 e. The number of carbonyl (C=O) groups is 2. The first-order valence-corrected chi connectivity index (χ1v) is 8.44. The molecule has 0 aliphatic carbocycles. The first kappa shape index (κ1) is 16.3. The number of anilines is 1. The summed E-state index contributed by atoms with van der Waals surface area (Å²) in [6, 6.07) is 8.91. The molecule has 2 aromatic rings. The van der Waals surface area contributed by atoms with Crippen LogP contribution >= 0.6 is 11.3 Å². The number of rotatable bonds is 6. The van der Waals surface area contributed by atoms with Crippen molar-refractivity contribution in [3.63, 3.8) is 0 Å². The van der Waals surface area contributed by atoms with Crippen molar-refractivity contribution in [2.45, 2.75) is 18.8 Å². The van der Waals surface area contributed by atoms with Crippen molar-refractivity contribution in [1.29, 1.82) is 0 Å². The lowest BCUT2D eigenvalue weighted by Crippen LogP contribution is -2.18. The summed E-state index contributed by atoms with van der Waals surface area (Å²) in [7, 11) is 0. The molecule has 24 heavy (non-hydrogen) atoms. The first-order chi connectivity index (χ1) is 11.6. The summed E-state index contributed by atoms with van der Waals surface area (Å²) in [5, 5.41) is 13.7. The maximum atomic E-state index is 12.3. The maximum Gasteiger partial charge on any atom is 0.304 e. The van der Waals surface area contributed by atoms with Gasteiger partial charge in [-0.2, -0.15) is 0 Å². The van der Waals surface area contributed by atoms with Crippen molar-refractivity contribution >= 4 is 28.9 Å². The van der Waals surface area contributed by atoms with Gasteiger partial charge in [-0.05, 0) is 23.6 Å². The number of aliphatic carboxylic acids is 1. The van der Waals surface area contributed by atoms with E-state index in [-0.39, 0.29) is 24.7 Å². The van der Waals surface area contributed by atoms with Gasteiger partial charge in [0.25, 0.3) is 0 Å². The number of fused-ring (bicyclic) bond motifs is 1. The van der Waals surface area contributed by atoms with Gasteiger partial charge in [-0.25, -0.2) is 0 Å². The third-order valence-electron chi connectivity index (χ3n) is 3.62. The Morgan fingerprint density at radius 1 is 1.17 bits per heavy atom. The highest BCUT2D eigenvalue weighted by Crippen LogP contribution is 2.33. The number of ether oxygens (including phenoxy) is 2. The van der Waals surface area contributed by atoms with Crippen LogP contribution in [-0.2, 0) is 9.59 Å². The van der Waals surface area contributed by atoms with Crippen LogP contribution in [0.4, 0.5) is 5.69 Å². The number of benzene rings is 1. The van der Waals surface area contributed by atoms with Crippen LogP contribution in [0.3, 0.4) is 0 Å². The number of nitrogens with one attached hydrogen (secondary N) is 1. The number of amides is 1. The second-order valence-corrected chi connectivity index (χ2v) is 6.40. The lowest BCUT2D eigenvalue weighted by atomic mass is 9.99. The molecular formula is C17H17NO5S. The molecule has 1 aliphatic rings. The summed E-state index contributed by atoms with van der Waals surface area (Å²) < 4.78 is 10.9. The van der Waals surface area contributed by atoms with Crippen LogP contribution in [0.1, 0.15) is 23.6 Å². The molecule has 0 radical (unpaired) electrons. The van der Waals surface area contributed by atoms with E-state index >= 15 is 0 Å². The molecule has 1 atom stereocenters. The smallest absolute Gasteiger partial charge is 0.304 e. The molecule has 6 nitrogen and oxygen atoms in total. The molecule has 1 aliphatic heterocycles. The normalized spacial score (nSPS) is 14.0. The molecule has 0 bridgehead atoms. The van der Waals surface area contributed by atoms with Crippen LogP contribution in [-0.4, -0.2) is 30.2 Å². The van der Waals surface area contributed by atoms with Gasteiger partial charge in [0.05, 0.1) is 6.42 Å². The number of hydrogen-bond acceptors (Lipinski definition) is 5. The Morgan fingerprint density at radius 3 is 2.67 bits per heavy atom. The van der Waals surface area contributed by atoms with Crippen LogP contribution in [0.25, 0.3) is 0 Å². The van der Waals surface area contributed by atoms with Gasteiger partial charge in [-0.3, -0.25) is 9.59 Å². The Kier molecular flexibility index (Phi) is 5.00. The lowest BCUT2D eigenvalue weighted by Gasteiger charge is -2.19. The minimum atomic E-state index is -0.916. The van der Waals surface area contributed by atoms with E-state index in [1.165, 1.54) is 11.3 Å². The molecule has 2 N–H and O–H groups in total. The average molecular weight is 347 g/mol. The topological polar surface area (TPSA) is 84.9 Å². The van der Waals surface area contributed by atoms with Crippen LogP contribution in [0.2, 0.25) is 0 Å². The SMILES string of the molecule is O=C(O)CC(CC(=O)Nc1ccc2c(c1)OCCO2)c1cccs1. The molecule has 2 heterocycles. The fourth-order valence-corrected chi connectivity index (χ4v) is 3.40. The second kappa shape index (κ2) is 7.35. The number of carboxylic acid groups (broad SMARTS) is 1. The Labute approximate surface area is 143 Å². The second-order valence-electron chi connectivity index (χ2n) is 5.42. The Balaban J connectivity index is 1.66. The maximum absolute atomic E-state index is 12.3. The van der Waals surface area contributed by atoms with E-state index in [2.05, 4.69) is 5.32 Å². The van der Waals surface area contributed by atoms with Gasteiger partial charge >= 0.3 is 5.97 Å². The fourth-order valence-electron chi connectivity index (χ4n) is 2.56. The molecule has 7 heteroatoms.